The molecule has 0 aliphatic heterocycles. The van der Waals surface area contributed by atoms with Gasteiger partial charge in [0.25, 0.3) is 5.91 Å². The number of rotatable bonds is 5. The lowest BCUT2D eigenvalue weighted by Crippen LogP contribution is -2.38. The molecule has 104 valence electrons. The van der Waals surface area contributed by atoms with E-state index in [-0.39, 0.29) is 17.9 Å². The van der Waals surface area contributed by atoms with E-state index in [1.165, 1.54) is 0 Å². The highest BCUT2D eigenvalue weighted by Gasteiger charge is 2.33. The second kappa shape index (κ2) is 6.06. The summed E-state index contributed by atoms with van der Waals surface area (Å²) in [6.45, 7) is 0.710. The summed E-state index contributed by atoms with van der Waals surface area (Å²) in [5, 5.41) is 15.5. The first kappa shape index (κ1) is 13.9. The summed E-state index contributed by atoms with van der Waals surface area (Å²) in [6, 6.07) is 7.44. The molecule has 0 atom stereocenters. The van der Waals surface area contributed by atoms with Crippen LogP contribution in [0.3, 0.4) is 0 Å². The molecule has 0 spiro atoms. The van der Waals surface area contributed by atoms with E-state index in [0.29, 0.717) is 12.1 Å². The molecule has 3 N–H and O–H groups in total. The molecule has 1 aliphatic carbocycles. The van der Waals surface area contributed by atoms with Crippen LogP contribution in [0.15, 0.2) is 24.3 Å². The highest BCUT2D eigenvalue weighted by molar-refractivity contribution is 5.99. The summed E-state index contributed by atoms with van der Waals surface area (Å²) in [5.74, 6) is -0.0790. The number of amides is 1. The van der Waals surface area contributed by atoms with Crippen LogP contribution in [0.5, 0.6) is 0 Å². The van der Waals surface area contributed by atoms with Gasteiger partial charge in [0.2, 0.25) is 0 Å². The molecule has 0 radical (unpaired) electrons. The number of benzene rings is 1. The summed E-state index contributed by atoms with van der Waals surface area (Å²) in [5.41, 5.74) is 1.37. The predicted octanol–water partition coefficient (Wildman–Crippen LogP) is 2.01. The summed E-state index contributed by atoms with van der Waals surface area (Å²) < 4.78 is 0. The fourth-order valence-electron chi connectivity index (χ4n) is 2.78. The second-order valence-corrected chi connectivity index (χ2v) is 5.34. The van der Waals surface area contributed by atoms with Crippen molar-refractivity contribution in [1.29, 1.82) is 0 Å². The zero-order valence-corrected chi connectivity index (χ0v) is 11.4. The maximum Gasteiger partial charge on any atom is 0.253 e. The molecule has 1 saturated carbocycles. The number of anilines is 1. The highest BCUT2D eigenvalue weighted by atomic mass is 16.3. The molecule has 2 rings (SSSR count). The van der Waals surface area contributed by atoms with Gasteiger partial charge in [-0.3, -0.25) is 4.79 Å². The number of carbonyl (C=O) groups is 1. The van der Waals surface area contributed by atoms with E-state index in [9.17, 15) is 9.90 Å². The van der Waals surface area contributed by atoms with Crippen molar-refractivity contribution in [2.45, 2.75) is 25.7 Å². The fourth-order valence-corrected chi connectivity index (χ4v) is 2.78. The summed E-state index contributed by atoms with van der Waals surface area (Å²) >= 11 is 0. The monoisotopic (exact) mass is 262 g/mol. The molecule has 1 amide bonds. The molecule has 0 unspecified atom stereocenters. The first-order valence-electron chi connectivity index (χ1n) is 6.87. The lowest BCUT2D eigenvalue weighted by molar-refractivity contribution is 0.0881. The van der Waals surface area contributed by atoms with Gasteiger partial charge in [-0.05, 0) is 25.0 Å². The minimum Gasteiger partial charge on any atom is -0.396 e. The van der Waals surface area contributed by atoms with Crippen LogP contribution < -0.4 is 10.6 Å². The van der Waals surface area contributed by atoms with Crippen LogP contribution in [0.2, 0.25) is 0 Å². The van der Waals surface area contributed by atoms with Gasteiger partial charge in [0.1, 0.15) is 0 Å². The Hall–Kier alpha value is -1.55. The SMILES string of the molecule is CNc1ccccc1C(=O)NCC1(CO)CCCC1. The lowest BCUT2D eigenvalue weighted by Gasteiger charge is -2.26. The predicted molar refractivity (Wildman–Crippen MR) is 76.3 cm³/mol. The molecule has 1 fully saturated rings. The van der Waals surface area contributed by atoms with Gasteiger partial charge in [-0.1, -0.05) is 25.0 Å². The Labute approximate surface area is 114 Å². The number of carbonyl (C=O) groups excluding carboxylic acids is 1. The van der Waals surface area contributed by atoms with Gasteiger partial charge in [0, 0.05) is 24.7 Å². The van der Waals surface area contributed by atoms with E-state index in [4.69, 9.17) is 0 Å². The van der Waals surface area contributed by atoms with E-state index in [0.717, 1.165) is 31.4 Å². The average molecular weight is 262 g/mol. The highest BCUT2D eigenvalue weighted by Crippen LogP contribution is 2.36. The third kappa shape index (κ3) is 3.07. The third-order valence-corrected chi connectivity index (χ3v) is 4.06. The van der Waals surface area contributed by atoms with Crippen molar-refractivity contribution >= 4 is 11.6 Å². The molecule has 4 heteroatoms. The number of hydrogen-bond acceptors (Lipinski definition) is 3. The molecule has 1 aromatic rings. The largest absolute Gasteiger partial charge is 0.396 e. The average Bonchev–Trinajstić information content (AvgIpc) is 2.94. The van der Waals surface area contributed by atoms with Gasteiger partial charge < -0.3 is 15.7 Å². The zero-order valence-electron chi connectivity index (χ0n) is 11.4. The van der Waals surface area contributed by atoms with Gasteiger partial charge >= 0.3 is 0 Å². The normalized spacial score (nSPS) is 17.2. The van der Waals surface area contributed by atoms with Gasteiger partial charge in [-0.15, -0.1) is 0 Å². The van der Waals surface area contributed by atoms with Gasteiger partial charge in [0.15, 0.2) is 0 Å². The molecule has 4 nitrogen and oxygen atoms in total. The maximum atomic E-state index is 12.2. The van der Waals surface area contributed by atoms with Crippen LogP contribution in [0.4, 0.5) is 5.69 Å². The van der Waals surface area contributed by atoms with Crippen LogP contribution in [-0.2, 0) is 0 Å². The molecular formula is C15H22N2O2. The van der Waals surface area contributed by atoms with Crippen LogP contribution in [-0.4, -0.2) is 31.2 Å². The number of aliphatic hydroxyl groups is 1. The Morgan fingerprint density at radius 2 is 2.00 bits per heavy atom. The summed E-state index contributed by atoms with van der Waals surface area (Å²) in [6.07, 6.45) is 4.28. The van der Waals surface area contributed by atoms with Crippen molar-refractivity contribution in [3.05, 3.63) is 29.8 Å². The van der Waals surface area contributed by atoms with Crippen molar-refractivity contribution in [2.24, 2.45) is 5.41 Å². The van der Waals surface area contributed by atoms with Crippen LogP contribution in [0, 0.1) is 5.41 Å². The Morgan fingerprint density at radius 3 is 2.63 bits per heavy atom. The molecule has 0 saturated heterocycles. The Bertz CT molecular complexity index is 440. The second-order valence-electron chi connectivity index (χ2n) is 5.34. The van der Waals surface area contributed by atoms with E-state index in [1.54, 1.807) is 13.1 Å². The van der Waals surface area contributed by atoms with Crippen molar-refractivity contribution in [2.75, 3.05) is 25.5 Å². The van der Waals surface area contributed by atoms with Crippen LogP contribution >= 0.6 is 0 Å². The first-order valence-corrected chi connectivity index (χ1v) is 6.87. The number of aliphatic hydroxyl groups excluding tert-OH is 1. The van der Waals surface area contributed by atoms with Crippen molar-refractivity contribution < 1.29 is 9.90 Å². The Kier molecular flexibility index (Phi) is 4.43. The summed E-state index contributed by atoms with van der Waals surface area (Å²) in [4.78, 5) is 12.2. The fraction of sp³-hybridized carbons (Fsp3) is 0.533. The van der Waals surface area contributed by atoms with Crippen LogP contribution in [0.25, 0.3) is 0 Å². The molecule has 0 bridgehead atoms. The van der Waals surface area contributed by atoms with Gasteiger partial charge in [-0.2, -0.15) is 0 Å². The first-order chi connectivity index (χ1) is 9.21. The van der Waals surface area contributed by atoms with Gasteiger partial charge in [0.05, 0.1) is 12.2 Å². The minimum atomic E-state index is -0.107. The quantitative estimate of drug-likeness (QED) is 0.760. The number of nitrogens with one attached hydrogen (secondary N) is 2. The lowest BCUT2D eigenvalue weighted by atomic mass is 9.87. The van der Waals surface area contributed by atoms with Crippen molar-refractivity contribution in [3.63, 3.8) is 0 Å². The van der Waals surface area contributed by atoms with E-state index >= 15 is 0 Å². The zero-order chi connectivity index (χ0) is 13.7. The minimum absolute atomic E-state index is 0.0790. The third-order valence-electron chi connectivity index (χ3n) is 4.06. The molecule has 1 aromatic carbocycles. The van der Waals surface area contributed by atoms with Gasteiger partial charge in [-0.25, -0.2) is 0 Å². The van der Waals surface area contributed by atoms with E-state index in [1.807, 2.05) is 18.2 Å². The number of hydrogen-bond donors (Lipinski definition) is 3. The van der Waals surface area contributed by atoms with Crippen molar-refractivity contribution in [1.82, 2.24) is 5.32 Å². The van der Waals surface area contributed by atoms with E-state index < -0.39 is 0 Å². The standard InChI is InChI=1S/C15H22N2O2/c1-16-13-7-3-2-6-12(13)14(19)17-10-15(11-18)8-4-5-9-15/h2-3,6-7,16,18H,4-5,8-11H2,1H3,(H,17,19). The molecule has 0 heterocycles. The molecule has 1 aliphatic rings. The summed E-state index contributed by atoms with van der Waals surface area (Å²) in [7, 11) is 1.80. The smallest absolute Gasteiger partial charge is 0.253 e. The maximum absolute atomic E-state index is 12.2. The Balaban J connectivity index is 2.01. The topological polar surface area (TPSA) is 61.4 Å². The molecule has 0 aromatic heterocycles. The molecular weight excluding hydrogens is 240 g/mol. The molecule has 19 heavy (non-hydrogen) atoms. The van der Waals surface area contributed by atoms with Crippen LogP contribution in [0.1, 0.15) is 36.0 Å². The Morgan fingerprint density at radius 1 is 1.32 bits per heavy atom. The number of para-hydroxylation sites is 1. The van der Waals surface area contributed by atoms with E-state index in [2.05, 4.69) is 10.6 Å². The van der Waals surface area contributed by atoms with Crippen molar-refractivity contribution in [3.8, 4) is 0 Å².